The molecule has 0 unspecified atom stereocenters. The molecule has 6 nitrogen and oxygen atoms in total. The Balaban J connectivity index is 1.60. The SMILES string of the molecule is C[C@@]1(C(=O)N2CCC3(CC2)COC(=O)O3)CCCNC1. The lowest BCUT2D eigenvalue weighted by atomic mass is 9.80. The van der Waals surface area contributed by atoms with Crippen molar-refractivity contribution in [3.05, 3.63) is 0 Å². The molecule has 3 heterocycles. The minimum atomic E-state index is -0.576. The highest BCUT2D eigenvalue weighted by atomic mass is 16.8. The van der Waals surface area contributed by atoms with Crippen molar-refractivity contribution >= 4 is 12.1 Å². The number of rotatable bonds is 1. The molecule has 112 valence electrons. The molecule has 0 radical (unpaired) electrons. The number of nitrogens with zero attached hydrogens (tertiary/aromatic N) is 1. The van der Waals surface area contributed by atoms with Crippen molar-refractivity contribution in [2.24, 2.45) is 5.41 Å². The number of likely N-dealkylation sites (tertiary alicyclic amines) is 1. The number of nitrogens with one attached hydrogen (secondary N) is 1. The van der Waals surface area contributed by atoms with Crippen LogP contribution in [0.3, 0.4) is 0 Å². The van der Waals surface area contributed by atoms with Crippen molar-refractivity contribution in [1.29, 1.82) is 0 Å². The van der Waals surface area contributed by atoms with Gasteiger partial charge < -0.3 is 19.7 Å². The summed E-state index contributed by atoms with van der Waals surface area (Å²) in [6.45, 7) is 5.41. The summed E-state index contributed by atoms with van der Waals surface area (Å²) in [5.41, 5.74) is -0.773. The highest BCUT2D eigenvalue weighted by Crippen LogP contribution is 2.34. The minimum absolute atomic E-state index is 0.227. The average Bonchev–Trinajstić information content (AvgIpc) is 2.81. The van der Waals surface area contributed by atoms with Gasteiger partial charge in [-0.25, -0.2) is 4.79 Å². The number of ether oxygens (including phenoxy) is 2. The second kappa shape index (κ2) is 4.91. The van der Waals surface area contributed by atoms with Gasteiger partial charge in [-0.2, -0.15) is 0 Å². The number of piperidine rings is 2. The van der Waals surface area contributed by atoms with Gasteiger partial charge in [-0.15, -0.1) is 0 Å². The summed E-state index contributed by atoms with van der Waals surface area (Å²) in [6, 6.07) is 0. The lowest BCUT2D eigenvalue weighted by Crippen LogP contribution is -2.55. The molecule has 3 fully saturated rings. The number of carbonyl (C=O) groups is 2. The number of amides is 1. The van der Waals surface area contributed by atoms with Crippen LogP contribution >= 0.6 is 0 Å². The molecule has 0 saturated carbocycles. The fraction of sp³-hybridized carbons (Fsp3) is 0.857. The van der Waals surface area contributed by atoms with E-state index in [1.54, 1.807) is 0 Å². The van der Waals surface area contributed by atoms with Crippen molar-refractivity contribution in [1.82, 2.24) is 10.2 Å². The third-order valence-corrected chi connectivity index (χ3v) is 4.83. The molecular formula is C14H22N2O4. The molecule has 3 rings (SSSR count). The maximum Gasteiger partial charge on any atom is 0.509 e. The van der Waals surface area contributed by atoms with Crippen LogP contribution in [0.15, 0.2) is 0 Å². The molecule has 0 aromatic heterocycles. The molecule has 0 aromatic carbocycles. The van der Waals surface area contributed by atoms with Gasteiger partial charge in [0.05, 0.1) is 5.41 Å². The highest BCUT2D eigenvalue weighted by Gasteiger charge is 2.47. The summed E-state index contributed by atoms with van der Waals surface area (Å²) in [4.78, 5) is 25.7. The predicted molar refractivity (Wildman–Crippen MR) is 71.2 cm³/mol. The van der Waals surface area contributed by atoms with Gasteiger partial charge in [0, 0.05) is 32.5 Å². The van der Waals surface area contributed by atoms with E-state index < -0.39 is 11.8 Å². The Morgan fingerprint density at radius 2 is 2.05 bits per heavy atom. The summed E-state index contributed by atoms with van der Waals surface area (Å²) in [5.74, 6) is 0.227. The van der Waals surface area contributed by atoms with Crippen LogP contribution in [-0.2, 0) is 14.3 Å². The fourth-order valence-corrected chi connectivity index (χ4v) is 3.41. The zero-order valence-electron chi connectivity index (χ0n) is 11.9. The molecule has 3 aliphatic heterocycles. The summed E-state index contributed by atoms with van der Waals surface area (Å²) in [6.07, 6.45) is 2.76. The fourth-order valence-electron chi connectivity index (χ4n) is 3.41. The minimum Gasteiger partial charge on any atom is -0.430 e. The molecule has 1 N–H and O–H groups in total. The number of hydrogen-bond acceptors (Lipinski definition) is 5. The molecule has 3 aliphatic rings. The Hall–Kier alpha value is -1.30. The van der Waals surface area contributed by atoms with Crippen LogP contribution < -0.4 is 5.32 Å². The van der Waals surface area contributed by atoms with Gasteiger partial charge in [-0.3, -0.25) is 4.79 Å². The van der Waals surface area contributed by atoms with Crippen LogP contribution in [0.2, 0.25) is 0 Å². The highest BCUT2D eigenvalue weighted by molar-refractivity contribution is 5.83. The van der Waals surface area contributed by atoms with Gasteiger partial charge in [0.25, 0.3) is 0 Å². The van der Waals surface area contributed by atoms with Crippen molar-refractivity contribution in [3.8, 4) is 0 Å². The van der Waals surface area contributed by atoms with E-state index in [0.29, 0.717) is 32.5 Å². The number of carbonyl (C=O) groups excluding carboxylic acids is 2. The quantitative estimate of drug-likeness (QED) is 0.724. The number of cyclic esters (lactones) is 1. The molecule has 6 heteroatoms. The van der Waals surface area contributed by atoms with Crippen molar-refractivity contribution in [2.75, 3.05) is 32.8 Å². The first-order valence-corrected chi connectivity index (χ1v) is 7.39. The first-order chi connectivity index (χ1) is 9.53. The second-order valence-electron chi connectivity index (χ2n) is 6.46. The number of hydrogen-bond donors (Lipinski definition) is 1. The van der Waals surface area contributed by atoms with E-state index in [4.69, 9.17) is 9.47 Å². The van der Waals surface area contributed by atoms with Crippen LogP contribution in [0.5, 0.6) is 0 Å². The predicted octanol–water partition coefficient (Wildman–Crippen LogP) is 0.904. The second-order valence-corrected chi connectivity index (χ2v) is 6.46. The van der Waals surface area contributed by atoms with E-state index in [0.717, 1.165) is 25.9 Å². The standard InChI is InChI=1S/C14H22N2O4/c1-13(3-2-6-15-9-13)11(17)16-7-4-14(5-8-16)10-19-12(18)20-14/h15H,2-10H2,1H3/t13-/m1/s1. The van der Waals surface area contributed by atoms with Crippen LogP contribution in [0.4, 0.5) is 4.79 Å². The van der Waals surface area contributed by atoms with E-state index in [1.165, 1.54) is 0 Å². The van der Waals surface area contributed by atoms with Crippen molar-refractivity contribution in [2.45, 2.75) is 38.2 Å². The summed E-state index contributed by atoms with van der Waals surface area (Å²) >= 11 is 0. The molecule has 0 aromatic rings. The van der Waals surface area contributed by atoms with Gasteiger partial charge in [-0.05, 0) is 26.3 Å². The molecule has 0 aliphatic carbocycles. The zero-order chi connectivity index (χ0) is 14.2. The Bertz CT molecular complexity index is 409. The monoisotopic (exact) mass is 282 g/mol. The van der Waals surface area contributed by atoms with Crippen LogP contribution in [0.1, 0.15) is 32.6 Å². The smallest absolute Gasteiger partial charge is 0.430 e. The molecule has 3 saturated heterocycles. The summed E-state index contributed by atoms with van der Waals surface area (Å²) in [5, 5.41) is 3.31. The Labute approximate surface area is 118 Å². The maximum absolute atomic E-state index is 12.7. The molecule has 0 bridgehead atoms. The molecular weight excluding hydrogens is 260 g/mol. The first-order valence-electron chi connectivity index (χ1n) is 7.39. The molecule has 1 amide bonds. The summed E-state index contributed by atoms with van der Waals surface area (Å²) in [7, 11) is 0. The van der Waals surface area contributed by atoms with Gasteiger partial charge in [0.1, 0.15) is 6.61 Å². The molecule has 20 heavy (non-hydrogen) atoms. The molecule has 1 spiro atoms. The maximum atomic E-state index is 12.7. The average molecular weight is 282 g/mol. The van der Waals surface area contributed by atoms with Crippen LogP contribution in [0.25, 0.3) is 0 Å². The van der Waals surface area contributed by atoms with E-state index in [2.05, 4.69) is 5.32 Å². The Morgan fingerprint density at radius 3 is 2.60 bits per heavy atom. The van der Waals surface area contributed by atoms with E-state index in [1.807, 2.05) is 11.8 Å². The Morgan fingerprint density at radius 1 is 1.30 bits per heavy atom. The van der Waals surface area contributed by atoms with Crippen LogP contribution in [0, 0.1) is 5.41 Å². The van der Waals surface area contributed by atoms with Crippen molar-refractivity contribution in [3.63, 3.8) is 0 Å². The lowest BCUT2D eigenvalue weighted by Gasteiger charge is -2.42. The van der Waals surface area contributed by atoms with Gasteiger partial charge >= 0.3 is 6.16 Å². The topological polar surface area (TPSA) is 67.9 Å². The van der Waals surface area contributed by atoms with Crippen LogP contribution in [-0.4, -0.2) is 55.3 Å². The van der Waals surface area contributed by atoms with E-state index in [-0.39, 0.29) is 11.3 Å². The van der Waals surface area contributed by atoms with Gasteiger partial charge in [-0.1, -0.05) is 0 Å². The first kappa shape index (κ1) is 13.7. The third-order valence-electron chi connectivity index (χ3n) is 4.83. The molecule has 1 atom stereocenters. The largest absolute Gasteiger partial charge is 0.509 e. The zero-order valence-corrected chi connectivity index (χ0v) is 11.9. The van der Waals surface area contributed by atoms with Crippen molar-refractivity contribution < 1.29 is 19.1 Å². The Kier molecular flexibility index (Phi) is 3.36. The van der Waals surface area contributed by atoms with Gasteiger partial charge in [0.2, 0.25) is 5.91 Å². The normalized spacial score (nSPS) is 32.9. The van der Waals surface area contributed by atoms with E-state index >= 15 is 0 Å². The lowest BCUT2D eigenvalue weighted by molar-refractivity contribution is -0.145. The van der Waals surface area contributed by atoms with Gasteiger partial charge in [0.15, 0.2) is 5.60 Å². The third kappa shape index (κ3) is 2.37. The van der Waals surface area contributed by atoms with E-state index in [9.17, 15) is 9.59 Å². The summed E-state index contributed by atoms with van der Waals surface area (Å²) < 4.78 is 10.2.